The van der Waals surface area contributed by atoms with Crippen molar-refractivity contribution in [1.82, 2.24) is 14.9 Å². The molecule has 1 aromatic carbocycles. The van der Waals surface area contributed by atoms with Crippen LogP contribution < -0.4 is 0 Å². The van der Waals surface area contributed by atoms with Crippen LogP contribution in [0.1, 0.15) is 29.4 Å². The number of benzene rings is 1. The molecular formula is C18H19N3O3. The van der Waals surface area contributed by atoms with Gasteiger partial charge in [-0.25, -0.2) is 4.79 Å². The van der Waals surface area contributed by atoms with Gasteiger partial charge in [-0.15, -0.1) is 0 Å². The van der Waals surface area contributed by atoms with Gasteiger partial charge in [-0.2, -0.15) is 0 Å². The van der Waals surface area contributed by atoms with E-state index >= 15 is 0 Å². The van der Waals surface area contributed by atoms with Crippen LogP contribution in [-0.4, -0.2) is 44.9 Å². The van der Waals surface area contributed by atoms with E-state index in [0.29, 0.717) is 11.6 Å². The summed E-state index contributed by atoms with van der Waals surface area (Å²) in [6.07, 6.45) is 5.29. The summed E-state index contributed by atoms with van der Waals surface area (Å²) < 4.78 is 0. The minimum atomic E-state index is -0.945. The Morgan fingerprint density at radius 1 is 1.21 bits per heavy atom. The van der Waals surface area contributed by atoms with E-state index in [1.54, 1.807) is 43.6 Å². The smallest absolute Gasteiger partial charge is 0.335 e. The number of hydrogen-bond donors (Lipinski definition) is 1. The highest BCUT2D eigenvalue weighted by Crippen LogP contribution is 2.21. The summed E-state index contributed by atoms with van der Waals surface area (Å²) in [6.45, 7) is 3.21. The average Bonchev–Trinajstić information content (AvgIpc) is 3.04. The van der Waals surface area contributed by atoms with Crippen molar-refractivity contribution in [3.05, 3.63) is 47.9 Å². The number of aromatic nitrogens is 2. The second kappa shape index (κ2) is 6.78. The maximum absolute atomic E-state index is 11.4. The molecule has 0 spiro atoms. The van der Waals surface area contributed by atoms with Crippen LogP contribution in [0.4, 0.5) is 0 Å². The highest BCUT2D eigenvalue weighted by atomic mass is 16.4. The number of rotatable bonds is 4. The van der Waals surface area contributed by atoms with Gasteiger partial charge in [0.25, 0.3) is 0 Å². The van der Waals surface area contributed by atoms with Gasteiger partial charge in [-0.05, 0) is 30.9 Å². The van der Waals surface area contributed by atoms with Crippen molar-refractivity contribution in [2.45, 2.75) is 19.8 Å². The predicted molar refractivity (Wildman–Crippen MR) is 88.5 cm³/mol. The van der Waals surface area contributed by atoms with E-state index in [0.717, 1.165) is 37.2 Å². The fraction of sp³-hybridized carbons (Fsp3) is 0.333. The zero-order valence-corrected chi connectivity index (χ0v) is 13.5. The number of amides is 1. The molecule has 1 saturated heterocycles. The number of carbonyl (C=O) groups is 2. The molecule has 2 aromatic rings. The first kappa shape index (κ1) is 16.1. The number of likely N-dealkylation sites (tertiary alicyclic amines) is 1. The van der Waals surface area contributed by atoms with E-state index < -0.39 is 5.97 Å². The maximum Gasteiger partial charge on any atom is 0.335 e. The molecule has 2 heterocycles. The average molecular weight is 325 g/mol. The van der Waals surface area contributed by atoms with Crippen molar-refractivity contribution >= 4 is 11.9 Å². The van der Waals surface area contributed by atoms with Crippen LogP contribution in [0.15, 0.2) is 36.7 Å². The molecule has 6 nitrogen and oxygen atoms in total. The Kier molecular flexibility index (Phi) is 4.55. The van der Waals surface area contributed by atoms with Crippen LogP contribution >= 0.6 is 0 Å². The molecule has 0 aliphatic carbocycles. The molecule has 0 saturated carbocycles. The van der Waals surface area contributed by atoms with Gasteiger partial charge in [0.15, 0.2) is 0 Å². The van der Waals surface area contributed by atoms with Crippen LogP contribution in [0.2, 0.25) is 0 Å². The summed E-state index contributed by atoms with van der Waals surface area (Å²) >= 11 is 0. The van der Waals surface area contributed by atoms with Crippen LogP contribution in [-0.2, 0) is 11.2 Å². The second-order valence-corrected chi connectivity index (χ2v) is 6.10. The van der Waals surface area contributed by atoms with Crippen LogP contribution in [0.3, 0.4) is 0 Å². The lowest BCUT2D eigenvalue weighted by Crippen LogP contribution is -2.26. The Labute approximate surface area is 140 Å². The van der Waals surface area contributed by atoms with Crippen molar-refractivity contribution in [2.75, 3.05) is 13.1 Å². The lowest BCUT2D eigenvalue weighted by molar-refractivity contribution is -0.127. The molecule has 1 amide bonds. The standard InChI is InChI=1S/C18H19N3O3/c1-12(22)21-7-6-13(11-21)8-16-9-20-17(10-19-16)14-2-4-15(5-3-14)18(23)24/h2-5,9-10,13H,6-8,11H2,1H3,(H,23,24)/t13-/m0/s1. The molecule has 1 aliphatic rings. The predicted octanol–water partition coefficient (Wildman–Crippen LogP) is 2.25. The third-order valence-electron chi connectivity index (χ3n) is 4.36. The molecule has 0 radical (unpaired) electrons. The highest BCUT2D eigenvalue weighted by Gasteiger charge is 2.24. The quantitative estimate of drug-likeness (QED) is 0.932. The Morgan fingerprint density at radius 2 is 1.96 bits per heavy atom. The van der Waals surface area contributed by atoms with Crippen molar-refractivity contribution in [3.8, 4) is 11.3 Å². The zero-order valence-electron chi connectivity index (χ0n) is 13.5. The third kappa shape index (κ3) is 3.59. The van der Waals surface area contributed by atoms with Crippen LogP contribution in [0, 0.1) is 5.92 Å². The van der Waals surface area contributed by atoms with Gasteiger partial charge in [0, 0.05) is 31.8 Å². The maximum atomic E-state index is 11.4. The first-order chi connectivity index (χ1) is 11.5. The number of nitrogens with zero attached hydrogens (tertiary/aromatic N) is 3. The molecule has 1 atom stereocenters. The first-order valence-corrected chi connectivity index (χ1v) is 7.93. The summed E-state index contributed by atoms with van der Waals surface area (Å²) in [6, 6.07) is 6.58. The number of carboxylic acids is 1. The van der Waals surface area contributed by atoms with Crippen molar-refractivity contribution in [2.24, 2.45) is 5.92 Å². The highest BCUT2D eigenvalue weighted by molar-refractivity contribution is 5.88. The zero-order chi connectivity index (χ0) is 17.1. The largest absolute Gasteiger partial charge is 0.478 e. The number of aromatic carboxylic acids is 1. The van der Waals surface area contributed by atoms with E-state index in [9.17, 15) is 9.59 Å². The Morgan fingerprint density at radius 3 is 2.50 bits per heavy atom. The molecule has 124 valence electrons. The number of carboxylic acid groups (broad SMARTS) is 1. The van der Waals surface area contributed by atoms with Gasteiger partial charge in [0.1, 0.15) is 0 Å². The van der Waals surface area contributed by atoms with E-state index in [4.69, 9.17) is 5.11 Å². The summed E-state index contributed by atoms with van der Waals surface area (Å²) in [5.41, 5.74) is 2.71. The first-order valence-electron chi connectivity index (χ1n) is 7.93. The van der Waals surface area contributed by atoms with Crippen molar-refractivity contribution in [1.29, 1.82) is 0 Å². The number of carbonyl (C=O) groups excluding carboxylic acids is 1. The molecule has 1 N–H and O–H groups in total. The molecular weight excluding hydrogens is 306 g/mol. The fourth-order valence-electron chi connectivity index (χ4n) is 2.97. The molecule has 1 fully saturated rings. The Balaban J connectivity index is 1.65. The lowest BCUT2D eigenvalue weighted by Gasteiger charge is -2.13. The lowest BCUT2D eigenvalue weighted by atomic mass is 10.0. The second-order valence-electron chi connectivity index (χ2n) is 6.10. The van der Waals surface area contributed by atoms with Crippen LogP contribution in [0.5, 0.6) is 0 Å². The van der Waals surface area contributed by atoms with E-state index in [-0.39, 0.29) is 11.5 Å². The topological polar surface area (TPSA) is 83.4 Å². The molecule has 0 bridgehead atoms. The van der Waals surface area contributed by atoms with Gasteiger partial charge < -0.3 is 10.0 Å². The molecule has 1 aliphatic heterocycles. The van der Waals surface area contributed by atoms with E-state index in [1.165, 1.54) is 0 Å². The minimum absolute atomic E-state index is 0.128. The van der Waals surface area contributed by atoms with Gasteiger partial charge in [0.2, 0.25) is 5.91 Å². The fourth-order valence-corrected chi connectivity index (χ4v) is 2.97. The van der Waals surface area contributed by atoms with Crippen LogP contribution in [0.25, 0.3) is 11.3 Å². The monoisotopic (exact) mass is 325 g/mol. The Hall–Kier alpha value is -2.76. The summed E-state index contributed by atoms with van der Waals surface area (Å²) in [4.78, 5) is 33.0. The van der Waals surface area contributed by atoms with Crippen molar-refractivity contribution in [3.63, 3.8) is 0 Å². The molecule has 24 heavy (non-hydrogen) atoms. The van der Waals surface area contributed by atoms with Crippen molar-refractivity contribution < 1.29 is 14.7 Å². The SMILES string of the molecule is CC(=O)N1CC[C@@H](Cc2cnc(-c3ccc(C(=O)O)cc3)cn2)C1. The molecule has 0 unspecified atom stereocenters. The van der Waals surface area contributed by atoms with E-state index in [1.807, 2.05) is 4.90 Å². The number of hydrogen-bond acceptors (Lipinski definition) is 4. The third-order valence-corrected chi connectivity index (χ3v) is 4.36. The normalized spacial score (nSPS) is 17.0. The molecule has 3 rings (SSSR count). The van der Waals surface area contributed by atoms with Gasteiger partial charge in [-0.1, -0.05) is 12.1 Å². The van der Waals surface area contributed by atoms with E-state index in [2.05, 4.69) is 9.97 Å². The summed E-state index contributed by atoms with van der Waals surface area (Å²) in [5, 5.41) is 8.92. The molecule has 6 heteroatoms. The summed E-state index contributed by atoms with van der Waals surface area (Å²) in [7, 11) is 0. The van der Waals surface area contributed by atoms with Gasteiger partial charge >= 0.3 is 5.97 Å². The van der Waals surface area contributed by atoms with Gasteiger partial charge in [0.05, 0.1) is 23.1 Å². The molecule has 1 aromatic heterocycles. The summed E-state index contributed by atoms with van der Waals surface area (Å²) in [5.74, 6) is -0.383. The Bertz CT molecular complexity index is 741. The minimum Gasteiger partial charge on any atom is -0.478 e. The van der Waals surface area contributed by atoms with Gasteiger partial charge in [-0.3, -0.25) is 14.8 Å².